The van der Waals surface area contributed by atoms with Crippen LogP contribution in [-0.2, 0) is 16.1 Å². The van der Waals surface area contributed by atoms with Gasteiger partial charge in [-0.1, -0.05) is 67.8 Å². The lowest BCUT2D eigenvalue weighted by molar-refractivity contribution is -0.131. The molecule has 0 aromatic heterocycles. The van der Waals surface area contributed by atoms with Crippen molar-refractivity contribution in [3.63, 3.8) is 0 Å². The Morgan fingerprint density at radius 1 is 0.912 bits per heavy atom. The third kappa shape index (κ3) is 5.98. The molecular formula is C29H28FNO3. The van der Waals surface area contributed by atoms with Crippen LogP contribution in [0.3, 0.4) is 0 Å². The highest BCUT2D eigenvalue weighted by Crippen LogP contribution is 2.30. The Morgan fingerprint density at radius 2 is 1.65 bits per heavy atom. The third-order valence-corrected chi connectivity index (χ3v) is 6.27. The van der Waals surface area contributed by atoms with Gasteiger partial charge in [0.25, 0.3) is 0 Å². The molecule has 0 unspecified atom stereocenters. The zero-order valence-electron chi connectivity index (χ0n) is 19.0. The van der Waals surface area contributed by atoms with Gasteiger partial charge in [-0.2, -0.15) is 0 Å². The predicted molar refractivity (Wildman–Crippen MR) is 133 cm³/mol. The number of carbonyl (C=O) groups excluding carboxylic acids is 1. The number of halogens is 1. The van der Waals surface area contributed by atoms with E-state index in [0.717, 1.165) is 59.7 Å². The van der Waals surface area contributed by atoms with Crippen molar-refractivity contribution in [2.24, 2.45) is 5.92 Å². The number of carboxylic acid groups (broad SMARTS) is 1. The van der Waals surface area contributed by atoms with Crippen molar-refractivity contribution in [1.29, 1.82) is 0 Å². The lowest BCUT2D eigenvalue weighted by Gasteiger charge is -2.30. The SMILES string of the molecule is O=C(O)C=Cc1cccc(N(Cc2ccc(-c3cccc(F)c3)cc2)C(=O)C2CCCCC2)c1. The number of nitrogens with zero attached hydrogens (tertiary/aromatic N) is 1. The van der Waals surface area contributed by atoms with Gasteiger partial charge in [-0.25, -0.2) is 9.18 Å². The lowest BCUT2D eigenvalue weighted by Crippen LogP contribution is -2.36. The summed E-state index contributed by atoms with van der Waals surface area (Å²) in [6.07, 6.45) is 7.71. The molecule has 1 N–H and O–H groups in total. The first-order valence-corrected chi connectivity index (χ1v) is 11.7. The van der Waals surface area contributed by atoms with Crippen LogP contribution in [-0.4, -0.2) is 17.0 Å². The first-order chi connectivity index (χ1) is 16.5. The highest BCUT2D eigenvalue weighted by Gasteiger charge is 2.27. The van der Waals surface area contributed by atoms with Gasteiger partial charge in [-0.3, -0.25) is 4.79 Å². The largest absolute Gasteiger partial charge is 0.478 e. The van der Waals surface area contributed by atoms with E-state index in [9.17, 15) is 14.0 Å². The second-order valence-electron chi connectivity index (χ2n) is 8.73. The molecule has 0 bridgehead atoms. The molecule has 0 saturated heterocycles. The van der Waals surface area contributed by atoms with Gasteiger partial charge in [0.1, 0.15) is 5.82 Å². The van der Waals surface area contributed by atoms with Crippen LogP contribution in [0.4, 0.5) is 10.1 Å². The molecule has 4 rings (SSSR count). The van der Waals surface area contributed by atoms with E-state index in [4.69, 9.17) is 5.11 Å². The van der Waals surface area contributed by atoms with Crippen LogP contribution in [0.1, 0.15) is 43.2 Å². The van der Waals surface area contributed by atoms with Crippen molar-refractivity contribution in [1.82, 2.24) is 0 Å². The van der Waals surface area contributed by atoms with Crippen molar-refractivity contribution in [3.8, 4) is 11.1 Å². The third-order valence-electron chi connectivity index (χ3n) is 6.27. The predicted octanol–water partition coefficient (Wildman–Crippen LogP) is 6.70. The maximum absolute atomic E-state index is 13.6. The van der Waals surface area contributed by atoms with Crippen LogP contribution in [0.2, 0.25) is 0 Å². The molecule has 1 aliphatic rings. The van der Waals surface area contributed by atoms with Crippen molar-refractivity contribution >= 4 is 23.6 Å². The smallest absolute Gasteiger partial charge is 0.328 e. The molecular weight excluding hydrogens is 429 g/mol. The number of hydrogen-bond acceptors (Lipinski definition) is 2. The normalized spacial score (nSPS) is 14.3. The Hall–Kier alpha value is -3.73. The summed E-state index contributed by atoms with van der Waals surface area (Å²) in [4.78, 5) is 26.3. The quantitative estimate of drug-likeness (QED) is 0.402. The minimum atomic E-state index is -1.01. The summed E-state index contributed by atoms with van der Waals surface area (Å²) < 4.78 is 13.6. The van der Waals surface area contributed by atoms with Crippen molar-refractivity contribution in [3.05, 3.63) is 95.8 Å². The molecule has 34 heavy (non-hydrogen) atoms. The second-order valence-corrected chi connectivity index (χ2v) is 8.73. The van der Waals surface area contributed by atoms with Crippen LogP contribution < -0.4 is 4.90 Å². The molecule has 1 aliphatic carbocycles. The average Bonchev–Trinajstić information content (AvgIpc) is 2.87. The maximum atomic E-state index is 13.6. The molecule has 0 atom stereocenters. The summed E-state index contributed by atoms with van der Waals surface area (Å²) in [5.41, 5.74) is 4.16. The first kappa shape index (κ1) is 23.4. The minimum Gasteiger partial charge on any atom is -0.478 e. The summed E-state index contributed by atoms with van der Waals surface area (Å²) >= 11 is 0. The summed E-state index contributed by atoms with van der Waals surface area (Å²) in [5.74, 6) is -1.19. The van der Waals surface area contributed by atoms with Crippen molar-refractivity contribution < 1.29 is 19.1 Å². The van der Waals surface area contributed by atoms with Gasteiger partial charge < -0.3 is 10.0 Å². The number of hydrogen-bond donors (Lipinski definition) is 1. The topological polar surface area (TPSA) is 57.6 Å². The van der Waals surface area contributed by atoms with E-state index in [0.29, 0.717) is 6.54 Å². The highest BCUT2D eigenvalue weighted by molar-refractivity contribution is 5.95. The molecule has 3 aromatic rings. The van der Waals surface area contributed by atoms with Gasteiger partial charge in [0.15, 0.2) is 0 Å². The zero-order chi connectivity index (χ0) is 23.9. The van der Waals surface area contributed by atoms with Gasteiger partial charge in [0, 0.05) is 17.7 Å². The average molecular weight is 458 g/mol. The zero-order valence-corrected chi connectivity index (χ0v) is 19.0. The fourth-order valence-corrected chi connectivity index (χ4v) is 4.48. The van der Waals surface area contributed by atoms with Gasteiger partial charge in [-0.15, -0.1) is 0 Å². The molecule has 0 spiro atoms. The molecule has 174 valence electrons. The van der Waals surface area contributed by atoms with Crippen LogP contribution in [0.25, 0.3) is 17.2 Å². The van der Waals surface area contributed by atoms with E-state index in [2.05, 4.69) is 0 Å². The van der Waals surface area contributed by atoms with Gasteiger partial charge in [0.2, 0.25) is 5.91 Å². The monoisotopic (exact) mass is 457 g/mol. The van der Waals surface area contributed by atoms with E-state index >= 15 is 0 Å². The number of amides is 1. The van der Waals surface area contributed by atoms with E-state index < -0.39 is 5.97 Å². The second kappa shape index (κ2) is 10.9. The standard InChI is InChI=1S/C29H28FNO3/c30-26-10-5-9-25(19-26)23-15-12-22(13-16-23)20-31(29(34)24-7-2-1-3-8-24)27-11-4-6-21(18-27)14-17-28(32)33/h4-6,9-19,24H,1-3,7-8,20H2,(H,32,33). The molecule has 1 fully saturated rings. The number of rotatable bonds is 7. The van der Waals surface area contributed by atoms with Crippen molar-refractivity contribution in [2.45, 2.75) is 38.6 Å². The van der Waals surface area contributed by atoms with E-state index in [1.807, 2.05) is 59.5 Å². The Kier molecular flexibility index (Phi) is 7.53. The van der Waals surface area contributed by atoms with Crippen molar-refractivity contribution in [2.75, 3.05) is 4.90 Å². The number of carbonyl (C=O) groups is 2. The van der Waals surface area contributed by atoms with E-state index in [1.54, 1.807) is 6.07 Å². The van der Waals surface area contributed by atoms with Gasteiger partial charge in [0.05, 0.1) is 6.54 Å². The lowest BCUT2D eigenvalue weighted by atomic mass is 9.88. The number of carboxylic acids is 1. The summed E-state index contributed by atoms with van der Waals surface area (Å²) in [6.45, 7) is 0.408. The fourth-order valence-electron chi connectivity index (χ4n) is 4.48. The first-order valence-electron chi connectivity index (χ1n) is 11.7. The molecule has 3 aromatic carbocycles. The molecule has 1 saturated carbocycles. The fraction of sp³-hybridized carbons (Fsp3) is 0.241. The Labute approximate surface area is 199 Å². The summed E-state index contributed by atoms with van der Waals surface area (Å²) in [6, 6.07) is 21.7. The van der Waals surface area contributed by atoms with Crippen LogP contribution >= 0.6 is 0 Å². The molecule has 1 amide bonds. The van der Waals surface area contributed by atoms with Crippen LogP contribution in [0.15, 0.2) is 78.9 Å². The molecule has 5 heteroatoms. The number of aliphatic carboxylic acids is 1. The Bertz CT molecular complexity index is 1180. The Balaban J connectivity index is 1.61. The van der Waals surface area contributed by atoms with Gasteiger partial charge >= 0.3 is 5.97 Å². The van der Waals surface area contributed by atoms with Crippen LogP contribution in [0.5, 0.6) is 0 Å². The van der Waals surface area contributed by atoms with E-state index in [-0.39, 0.29) is 17.6 Å². The summed E-state index contributed by atoms with van der Waals surface area (Å²) in [7, 11) is 0. The minimum absolute atomic E-state index is 0.00136. The highest BCUT2D eigenvalue weighted by atomic mass is 19.1. The number of benzene rings is 3. The van der Waals surface area contributed by atoms with E-state index in [1.165, 1.54) is 24.6 Å². The molecule has 0 heterocycles. The number of anilines is 1. The van der Waals surface area contributed by atoms with Crippen LogP contribution in [0, 0.1) is 11.7 Å². The Morgan fingerprint density at radius 3 is 2.35 bits per heavy atom. The molecule has 0 aliphatic heterocycles. The maximum Gasteiger partial charge on any atom is 0.328 e. The summed E-state index contributed by atoms with van der Waals surface area (Å²) in [5, 5.41) is 8.95. The molecule has 4 nitrogen and oxygen atoms in total. The molecule has 0 radical (unpaired) electrons. The van der Waals surface area contributed by atoms with Gasteiger partial charge in [-0.05, 0) is 65.4 Å².